The fraction of sp³-hybridized carbons (Fsp3) is 0.364. The quantitative estimate of drug-likeness (QED) is 0.566. The van der Waals surface area contributed by atoms with Crippen molar-refractivity contribution in [2.45, 2.75) is 6.18 Å². The maximum atomic E-state index is 12.3. The SMILES string of the molecule is Nc1cccc(C(=O)N(CCO)CC(F)(F)F)c1O. The zero-order valence-corrected chi connectivity index (χ0v) is 9.81. The van der Waals surface area contributed by atoms with Crippen LogP contribution in [0.3, 0.4) is 0 Å². The Morgan fingerprint density at radius 3 is 2.53 bits per heavy atom. The number of aliphatic hydroxyl groups excluding tert-OH is 1. The fourth-order valence-electron chi connectivity index (χ4n) is 1.49. The number of aliphatic hydroxyl groups is 1. The van der Waals surface area contributed by atoms with Crippen LogP contribution in [0.5, 0.6) is 5.75 Å². The molecule has 0 radical (unpaired) electrons. The Labute approximate surface area is 107 Å². The summed E-state index contributed by atoms with van der Waals surface area (Å²) in [5, 5.41) is 18.3. The van der Waals surface area contributed by atoms with Gasteiger partial charge in [0.05, 0.1) is 17.9 Å². The van der Waals surface area contributed by atoms with Crippen molar-refractivity contribution in [2.75, 3.05) is 25.4 Å². The van der Waals surface area contributed by atoms with Crippen molar-refractivity contribution >= 4 is 11.6 Å². The number of rotatable bonds is 4. The number of hydrogen-bond acceptors (Lipinski definition) is 4. The molecule has 0 spiro atoms. The molecular formula is C11H13F3N2O3. The molecule has 0 fully saturated rings. The van der Waals surface area contributed by atoms with Crippen LogP contribution < -0.4 is 5.73 Å². The summed E-state index contributed by atoms with van der Waals surface area (Å²) in [6.07, 6.45) is -4.60. The second-order valence-electron chi connectivity index (χ2n) is 3.81. The number of nitrogen functional groups attached to an aromatic ring is 1. The van der Waals surface area contributed by atoms with Crippen LogP contribution >= 0.6 is 0 Å². The van der Waals surface area contributed by atoms with Gasteiger partial charge in [0.1, 0.15) is 6.54 Å². The number of carbonyl (C=O) groups is 1. The minimum absolute atomic E-state index is 0.109. The van der Waals surface area contributed by atoms with Crippen molar-refractivity contribution < 1.29 is 28.2 Å². The van der Waals surface area contributed by atoms with Crippen LogP contribution in [-0.2, 0) is 0 Å². The Balaban J connectivity index is 3.02. The Morgan fingerprint density at radius 1 is 1.37 bits per heavy atom. The van der Waals surface area contributed by atoms with Gasteiger partial charge in [-0.2, -0.15) is 13.2 Å². The van der Waals surface area contributed by atoms with Gasteiger partial charge in [-0.1, -0.05) is 6.07 Å². The van der Waals surface area contributed by atoms with E-state index in [9.17, 15) is 23.1 Å². The van der Waals surface area contributed by atoms with Gasteiger partial charge in [0, 0.05) is 6.54 Å². The number of halogens is 3. The molecule has 0 saturated heterocycles. The Hall–Kier alpha value is -1.96. The van der Waals surface area contributed by atoms with Crippen molar-refractivity contribution in [2.24, 2.45) is 0 Å². The first-order valence-corrected chi connectivity index (χ1v) is 5.30. The lowest BCUT2D eigenvalue weighted by molar-refractivity contribution is -0.141. The minimum atomic E-state index is -4.60. The van der Waals surface area contributed by atoms with Crippen molar-refractivity contribution in [1.82, 2.24) is 4.90 Å². The summed E-state index contributed by atoms with van der Waals surface area (Å²) in [5.74, 6) is -1.62. The third kappa shape index (κ3) is 4.02. The molecule has 19 heavy (non-hydrogen) atoms. The van der Waals surface area contributed by atoms with Crippen molar-refractivity contribution in [1.29, 1.82) is 0 Å². The number of anilines is 1. The summed E-state index contributed by atoms with van der Waals surface area (Å²) in [7, 11) is 0. The van der Waals surface area contributed by atoms with Gasteiger partial charge in [0.2, 0.25) is 0 Å². The van der Waals surface area contributed by atoms with E-state index in [0.717, 1.165) is 6.07 Å². The predicted octanol–water partition coefficient (Wildman–Crippen LogP) is 0.971. The molecule has 0 aromatic heterocycles. The average Bonchev–Trinajstić information content (AvgIpc) is 2.30. The summed E-state index contributed by atoms with van der Waals surface area (Å²) in [4.78, 5) is 12.3. The second kappa shape index (κ2) is 5.79. The van der Waals surface area contributed by atoms with Gasteiger partial charge >= 0.3 is 6.18 Å². The molecule has 0 aliphatic carbocycles. The van der Waals surface area contributed by atoms with E-state index in [1.807, 2.05) is 0 Å². The van der Waals surface area contributed by atoms with Crippen LogP contribution in [0.25, 0.3) is 0 Å². The molecule has 106 valence electrons. The van der Waals surface area contributed by atoms with Gasteiger partial charge < -0.3 is 20.8 Å². The molecular weight excluding hydrogens is 265 g/mol. The molecule has 1 aromatic carbocycles. The molecule has 0 heterocycles. The number of alkyl halides is 3. The molecule has 1 rings (SSSR count). The van der Waals surface area contributed by atoms with E-state index < -0.39 is 37.5 Å². The lowest BCUT2D eigenvalue weighted by Crippen LogP contribution is -2.40. The lowest BCUT2D eigenvalue weighted by Gasteiger charge is -2.23. The van der Waals surface area contributed by atoms with Crippen LogP contribution in [0.1, 0.15) is 10.4 Å². The average molecular weight is 278 g/mol. The van der Waals surface area contributed by atoms with Crippen molar-refractivity contribution in [3.05, 3.63) is 23.8 Å². The number of phenols is 1. The summed E-state index contributed by atoms with van der Waals surface area (Å²) < 4.78 is 37.0. The summed E-state index contributed by atoms with van der Waals surface area (Å²) in [6, 6.07) is 3.81. The van der Waals surface area contributed by atoms with Gasteiger partial charge in [-0.05, 0) is 12.1 Å². The van der Waals surface area contributed by atoms with E-state index in [4.69, 9.17) is 10.8 Å². The molecule has 1 amide bonds. The van der Waals surface area contributed by atoms with Gasteiger partial charge in [-0.15, -0.1) is 0 Å². The maximum absolute atomic E-state index is 12.3. The second-order valence-corrected chi connectivity index (χ2v) is 3.81. The van der Waals surface area contributed by atoms with E-state index in [0.29, 0.717) is 4.90 Å². The zero-order valence-electron chi connectivity index (χ0n) is 9.81. The first kappa shape index (κ1) is 15.1. The first-order valence-electron chi connectivity index (χ1n) is 5.30. The number of benzene rings is 1. The lowest BCUT2D eigenvalue weighted by atomic mass is 10.1. The highest BCUT2D eigenvalue weighted by Gasteiger charge is 2.33. The van der Waals surface area contributed by atoms with E-state index in [-0.39, 0.29) is 11.3 Å². The van der Waals surface area contributed by atoms with Crippen LogP contribution in [0.4, 0.5) is 18.9 Å². The van der Waals surface area contributed by atoms with Crippen LogP contribution in [0, 0.1) is 0 Å². The highest BCUT2D eigenvalue weighted by Crippen LogP contribution is 2.26. The highest BCUT2D eigenvalue weighted by molar-refractivity contribution is 5.98. The largest absolute Gasteiger partial charge is 0.505 e. The molecule has 1 aromatic rings. The van der Waals surface area contributed by atoms with Crippen LogP contribution in [0.15, 0.2) is 18.2 Å². The third-order valence-electron chi connectivity index (χ3n) is 2.32. The smallest absolute Gasteiger partial charge is 0.406 e. The normalized spacial score (nSPS) is 11.4. The van der Waals surface area contributed by atoms with Crippen LogP contribution in [-0.4, -0.2) is 46.9 Å². The monoisotopic (exact) mass is 278 g/mol. The summed E-state index contributed by atoms with van der Waals surface area (Å²) in [5.41, 5.74) is 4.92. The molecule has 4 N–H and O–H groups in total. The molecule has 5 nitrogen and oxygen atoms in total. The Kier molecular flexibility index (Phi) is 4.60. The van der Waals surface area contributed by atoms with Gasteiger partial charge in [0.25, 0.3) is 5.91 Å². The number of amides is 1. The minimum Gasteiger partial charge on any atom is -0.505 e. The molecule has 0 saturated carbocycles. The number of nitrogens with two attached hydrogens (primary N) is 1. The van der Waals surface area contributed by atoms with E-state index >= 15 is 0 Å². The van der Waals surface area contributed by atoms with E-state index in [2.05, 4.69) is 0 Å². The summed E-state index contributed by atoms with van der Waals surface area (Å²) in [6.45, 7) is -2.63. The van der Waals surface area contributed by atoms with E-state index in [1.54, 1.807) is 0 Å². The summed E-state index contributed by atoms with van der Waals surface area (Å²) >= 11 is 0. The third-order valence-corrected chi connectivity index (χ3v) is 2.32. The molecule has 8 heteroatoms. The van der Waals surface area contributed by atoms with Gasteiger partial charge in [0.15, 0.2) is 5.75 Å². The maximum Gasteiger partial charge on any atom is 0.406 e. The first-order chi connectivity index (χ1) is 8.76. The topological polar surface area (TPSA) is 86.8 Å². The van der Waals surface area contributed by atoms with Crippen LogP contribution in [0.2, 0.25) is 0 Å². The Bertz CT molecular complexity index is 463. The van der Waals surface area contributed by atoms with Gasteiger partial charge in [-0.25, -0.2) is 0 Å². The number of nitrogens with zero attached hydrogens (tertiary/aromatic N) is 1. The van der Waals surface area contributed by atoms with Crippen molar-refractivity contribution in [3.63, 3.8) is 0 Å². The molecule has 0 aliphatic heterocycles. The number of carbonyl (C=O) groups excluding carboxylic acids is 1. The number of phenolic OH excluding ortho intramolecular Hbond substituents is 1. The standard InChI is InChI=1S/C11H13F3N2O3/c12-11(13,14)6-16(4-5-17)10(19)7-2-1-3-8(15)9(7)18/h1-3,17-18H,4-6,15H2. The Morgan fingerprint density at radius 2 is 2.00 bits per heavy atom. The predicted molar refractivity (Wildman–Crippen MR) is 61.6 cm³/mol. The molecule has 0 unspecified atom stereocenters. The number of para-hydroxylation sites is 1. The molecule has 0 bridgehead atoms. The molecule has 0 atom stereocenters. The van der Waals surface area contributed by atoms with Crippen molar-refractivity contribution in [3.8, 4) is 5.75 Å². The van der Waals surface area contributed by atoms with E-state index in [1.165, 1.54) is 12.1 Å². The molecule has 0 aliphatic rings. The highest BCUT2D eigenvalue weighted by atomic mass is 19.4. The fourth-order valence-corrected chi connectivity index (χ4v) is 1.49. The van der Waals surface area contributed by atoms with Gasteiger partial charge in [-0.3, -0.25) is 4.79 Å². The number of aromatic hydroxyl groups is 1. The zero-order chi connectivity index (χ0) is 14.6. The number of hydrogen-bond donors (Lipinski definition) is 3.